The number of halogens is 2. The van der Waals surface area contributed by atoms with Crippen molar-refractivity contribution in [2.45, 2.75) is 13.0 Å². The number of H-pyrrole nitrogens is 1. The zero-order valence-corrected chi connectivity index (χ0v) is 11.6. The van der Waals surface area contributed by atoms with Crippen LogP contribution in [0.1, 0.15) is 11.3 Å². The largest absolute Gasteiger partial charge is 0.312 e. The summed E-state index contributed by atoms with van der Waals surface area (Å²) in [5.41, 5.74) is 4.84. The highest BCUT2D eigenvalue weighted by molar-refractivity contribution is 9.10. The Balaban J connectivity index is 0.00000108. The Kier molecular flexibility index (Phi) is 3.86. The first-order chi connectivity index (χ1) is 7.84. The molecule has 5 heteroatoms. The van der Waals surface area contributed by atoms with Gasteiger partial charge in [0.25, 0.3) is 0 Å². The van der Waals surface area contributed by atoms with Gasteiger partial charge in [-0.25, -0.2) is 0 Å². The Labute approximate surface area is 115 Å². The number of hydrogen-bond acceptors (Lipinski definition) is 2. The van der Waals surface area contributed by atoms with E-state index in [2.05, 4.69) is 43.6 Å². The summed E-state index contributed by atoms with van der Waals surface area (Å²) in [5.74, 6) is 0. The van der Waals surface area contributed by atoms with Crippen LogP contribution >= 0.6 is 28.3 Å². The molecule has 0 radical (unpaired) electrons. The van der Waals surface area contributed by atoms with Crippen LogP contribution in [0.5, 0.6) is 0 Å². The third-order valence-electron chi connectivity index (χ3n) is 2.92. The average Bonchev–Trinajstić information content (AvgIpc) is 2.74. The summed E-state index contributed by atoms with van der Waals surface area (Å²) in [6.07, 6.45) is 1.04. The van der Waals surface area contributed by atoms with Crippen LogP contribution in [0.4, 0.5) is 0 Å². The lowest BCUT2D eigenvalue weighted by Crippen LogP contribution is -2.23. The predicted molar refractivity (Wildman–Crippen MR) is 74.4 cm³/mol. The molecular formula is C12H13BrClN3. The maximum Gasteiger partial charge on any atom is 0.0968 e. The van der Waals surface area contributed by atoms with Crippen LogP contribution in [0.2, 0.25) is 0 Å². The molecule has 0 unspecified atom stereocenters. The Hall–Kier alpha value is -0.840. The Morgan fingerprint density at radius 1 is 1.18 bits per heavy atom. The van der Waals surface area contributed by atoms with Crippen molar-refractivity contribution in [3.8, 4) is 11.3 Å². The van der Waals surface area contributed by atoms with Gasteiger partial charge in [-0.1, -0.05) is 28.1 Å². The Morgan fingerprint density at radius 2 is 1.94 bits per heavy atom. The maximum atomic E-state index is 4.42. The summed E-state index contributed by atoms with van der Waals surface area (Å²) >= 11 is 3.44. The molecule has 2 aromatic rings. The van der Waals surface area contributed by atoms with Gasteiger partial charge < -0.3 is 5.32 Å². The van der Waals surface area contributed by atoms with Gasteiger partial charge in [-0.05, 0) is 12.1 Å². The predicted octanol–water partition coefficient (Wildman–Crippen LogP) is 2.91. The Morgan fingerprint density at radius 3 is 2.71 bits per heavy atom. The highest BCUT2D eigenvalue weighted by atomic mass is 79.9. The average molecular weight is 315 g/mol. The lowest BCUT2D eigenvalue weighted by Gasteiger charge is -2.12. The van der Waals surface area contributed by atoms with E-state index < -0.39 is 0 Å². The molecular weight excluding hydrogens is 302 g/mol. The fraction of sp³-hybridized carbons (Fsp3) is 0.250. The Bertz CT molecular complexity index is 507. The SMILES string of the molecule is Brc1ccc(-c2n[nH]c3c2CNCC3)cc1.Cl. The fourth-order valence-electron chi connectivity index (χ4n) is 2.07. The van der Waals surface area contributed by atoms with Gasteiger partial charge in [-0.2, -0.15) is 5.10 Å². The van der Waals surface area contributed by atoms with Crippen molar-refractivity contribution in [3.63, 3.8) is 0 Å². The zero-order chi connectivity index (χ0) is 11.0. The van der Waals surface area contributed by atoms with Crippen molar-refractivity contribution in [2.24, 2.45) is 0 Å². The number of nitrogens with zero attached hydrogens (tertiary/aromatic N) is 1. The molecule has 0 saturated heterocycles. The van der Waals surface area contributed by atoms with Crippen molar-refractivity contribution in [1.29, 1.82) is 0 Å². The normalized spacial score (nSPS) is 13.9. The monoisotopic (exact) mass is 313 g/mol. The number of hydrogen-bond donors (Lipinski definition) is 2. The number of aromatic amines is 1. The summed E-state index contributed by atoms with van der Waals surface area (Å²) in [6.45, 7) is 1.95. The van der Waals surface area contributed by atoms with Crippen molar-refractivity contribution in [3.05, 3.63) is 40.0 Å². The van der Waals surface area contributed by atoms with E-state index in [4.69, 9.17) is 0 Å². The molecule has 1 aromatic carbocycles. The van der Waals surface area contributed by atoms with Gasteiger partial charge in [-0.15, -0.1) is 12.4 Å². The van der Waals surface area contributed by atoms with E-state index in [9.17, 15) is 0 Å². The molecule has 17 heavy (non-hydrogen) atoms. The molecule has 0 atom stereocenters. The highest BCUT2D eigenvalue weighted by Crippen LogP contribution is 2.26. The van der Waals surface area contributed by atoms with Crippen molar-refractivity contribution < 1.29 is 0 Å². The van der Waals surface area contributed by atoms with Gasteiger partial charge in [0.2, 0.25) is 0 Å². The summed E-state index contributed by atoms with van der Waals surface area (Å²) in [5, 5.41) is 10.9. The molecule has 0 bridgehead atoms. The van der Waals surface area contributed by atoms with Crippen molar-refractivity contribution in [1.82, 2.24) is 15.5 Å². The van der Waals surface area contributed by atoms with Crippen LogP contribution in [-0.2, 0) is 13.0 Å². The topological polar surface area (TPSA) is 40.7 Å². The zero-order valence-electron chi connectivity index (χ0n) is 9.16. The molecule has 0 aliphatic carbocycles. The number of nitrogens with one attached hydrogen (secondary N) is 2. The van der Waals surface area contributed by atoms with Gasteiger partial charge in [0.15, 0.2) is 0 Å². The molecule has 3 rings (SSSR count). The summed E-state index contributed by atoms with van der Waals surface area (Å²) in [4.78, 5) is 0. The molecule has 0 saturated carbocycles. The first-order valence-electron chi connectivity index (χ1n) is 5.37. The lowest BCUT2D eigenvalue weighted by molar-refractivity contribution is 0.637. The van der Waals surface area contributed by atoms with Crippen LogP contribution in [-0.4, -0.2) is 16.7 Å². The van der Waals surface area contributed by atoms with E-state index in [0.717, 1.165) is 29.7 Å². The maximum absolute atomic E-state index is 4.42. The van der Waals surface area contributed by atoms with Gasteiger partial charge in [0.05, 0.1) is 5.69 Å². The van der Waals surface area contributed by atoms with E-state index in [0.29, 0.717) is 0 Å². The number of aromatic nitrogens is 2. The quantitative estimate of drug-likeness (QED) is 0.850. The molecule has 3 nitrogen and oxygen atoms in total. The minimum Gasteiger partial charge on any atom is -0.312 e. The summed E-state index contributed by atoms with van der Waals surface area (Å²) < 4.78 is 1.10. The van der Waals surface area contributed by atoms with E-state index in [1.54, 1.807) is 0 Å². The number of rotatable bonds is 1. The molecule has 2 heterocycles. The van der Waals surface area contributed by atoms with Gasteiger partial charge >= 0.3 is 0 Å². The standard InChI is InChI=1S/C12H12BrN3.ClH/c13-9-3-1-8(2-4-9)12-10-7-14-6-5-11(10)15-16-12;/h1-4,14H,5-7H2,(H,15,16);1H. The number of fused-ring (bicyclic) bond motifs is 1. The minimum atomic E-state index is 0. The molecule has 1 aliphatic rings. The van der Waals surface area contributed by atoms with Crippen molar-refractivity contribution in [2.75, 3.05) is 6.54 Å². The van der Waals surface area contributed by atoms with Crippen LogP contribution in [0.15, 0.2) is 28.7 Å². The highest BCUT2D eigenvalue weighted by Gasteiger charge is 2.17. The second kappa shape index (κ2) is 5.21. The molecule has 90 valence electrons. The molecule has 1 aromatic heterocycles. The second-order valence-electron chi connectivity index (χ2n) is 3.96. The van der Waals surface area contributed by atoms with E-state index in [1.165, 1.54) is 16.8 Å². The first kappa shape index (κ1) is 12.6. The molecule has 2 N–H and O–H groups in total. The van der Waals surface area contributed by atoms with Crippen LogP contribution in [0.25, 0.3) is 11.3 Å². The van der Waals surface area contributed by atoms with Gasteiger partial charge in [0.1, 0.15) is 0 Å². The third-order valence-corrected chi connectivity index (χ3v) is 3.45. The third kappa shape index (κ3) is 2.39. The fourth-order valence-corrected chi connectivity index (χ4v) is 2.34. The molecule has 1 aliphatic heterocycles. The van der Waals surface area contributed by atoms with Crippen LogP contribution in [0, 0.1) is 0 Å². The second-order valence-corrected chi connectivity index (χ2v) is 4.88. The van der Waals surface area contributed by atoms with Crippen LogP contribution in [0.3, 0.4) is 0 Å². The lowest BCUT2D eigenvalue weighted by atomic mass is 10.0. The van der Waals surface area contributed by atoms with Gasteiger partial charge in [-0.3, -0.25) is 5.10 Å². The van der Waals surface area contributed by atoms with E-state index in [-0.39, 0.29) is 12.4 Å². The number of benzene rings is 1. The smallest absolute Gasteiger partial charge is 0.0968 e. The summed E-state index contributed by atoms with van der Waals surface area (Å²) in [6, 6.07) is 8.28. The van der Waals surface area contributed by atoms with Crippen molar-refractivity contribution >= 4 is 28.3 Å². The molecule has 0 amide bonds. The first-order valence-corrected chi connectivity index (χ1v) is 6.16. The van der Waals surface area contributed by atoms with E-state index in [1.807, 2.05) is 12.1 Å². The van der Waals surface area contributed by atoms with Crippen LogP contribution < -0.4 is 5.32 Å². The summed E-state index contributed by atoms with van der Waals surface area (Å²) in [7, 11) is 0. The van der Waals surface area contributed by atoms with E-state index >= 15 is 0 Å². The minimum absolute atomic E-state index is 0. The molecule has 0 spiro atoms. The molecule has 0 fully saturated rings. The van der Waals surface area contributed by atoms with Gasteiger partial charge in [0, 0.05) is 40.8 Å².